The quantitative estimate of drug-likeness (QED) is 0.732. The number of ketones is 1. The first-order valence-electron chi connectivity index (χ1n) is 5.62. The molecule has 0 unspecified atom stereocenters. The van der Waals surface area contributed by atoms with Crippen LogP contribution in [0.15, 0.2) is 24.3 Å². The molecule has 1 nitrogen and oxygen atoms in total. The third-order valence-corrected chi connectivity index (χ3v) is 2.67. The van der Waals surface area contributed by atoms with Crippen molar-refractivity contribution in [3.05, 3.63) is 35.4 Å². The highest BCUT2D eigenvalue weighted by atomic mass is 16.1. The van der Waals surface area contributed by atoms with Crippen molar-refractivity contribution in [1.29, 1.82) is 0 Å². The van der Waals surface area contributed by atoms with Gasteiger partial charge in [0.05, 0.1) is 0 Å². The molecule has 0 atom stereocenters. The van der Waals surface area contributed by atoms with E-state index in [2.05, 4.69) is 38.1 Å². The molecule has 82 valence electrons. The normalized spacial score (nSPS) is 11.1. The van der Waals surface area contributed by atoms with Gasteiger partial charge in [-0.25, -0.2) is 0 Å². The van der Waals surface area contributed by atoms with E-state index in [-0.39, 0.29) is 5.92 Å². The molecule has 0 N–H and O–H groups in total. The average Bonchev–Trinajstić information content (AvgIpc) is 2.18. The average molecular weight is 204 g/mol. The Morgan fingerprint density at radius 1 is 1.07 bits per heavy atom. The van der Waals surface area contributed by atoms with Crippen LogP contribution < -0.4 is 0 Å². The molecule has 0 saturated carbocycles. The molecule has 15 heavy (non-hydrogen) atoms. The van der Waals surface area contributed by atoms with Gasteiger partial charge in [0.1, 0.15) is 5.78 Å². The highest BCUT2D eigenvalue weighted by Crippen LogP contribution is 2.15. The second-order valence-electron chi connectivity index (χ2n) is 4.69. The first-order chi connectivity index (χ1) is 7.00. The standard InChI is InChI=1S/C14H20O/c1-10(2)13-7-5-12(6-8-13)9-14(15)11(3)4/h5-8,10-11H,9H2,1-4H3. The van der Waals surface area contributed by atoms with E-state index in [0.29, 0.717) is 18.1 Å². The topological polar surface area (TPSA) is 17.1 Å². The molecule has 0 spiro atoms. The van der Waals surface area contributed by atoms with Crippen LogP contribution in [0.3, 0.4) is 0 Å². The second-order valence-corrected chi connectivity index (χ2v) is 4.69. The van der Waals surface area contributed by atoms with Crippen LogP contribution in [0.4, 0.5) is 0 Å². The van der Waals surface area contributed by atoms with Crippen molar-refractivity contribution in [2.24, 2.45) is 5.92 Å². The number of benzene rings is 1. The molecule has 0 saturated heterocycles. The molecule has 0 fully saturated rings. The lowest BCUT2D eigenvalue weighted by molar-refractivity contribution is -0.121. The number of carbonyl (C=O) groups excluding carboxylic acids is 1. The number of hydrogen-bond acceptors (Lipinski definition) is 1. The van der Waals surface area contributed by atoms with Crippen molar-refractivity contribution in [2.75, 3.05) is 0 Å². The number of rotatable bonds is 4. The van der Waals surface area contributed by atoms with Crippen molar-refractivity contribution in [3.63, 3.8) is 0 Å². The lowest BCUT2D eigenvalue weighted by atomic mass is 9.97. The Kier molecular flexibility index (Phi) is 4.07. The predicted octanol–water partition coefficient (Wildman–Crippen LogP) is 3.58. The Balaban J connectivity index is 2.69. The van der Waals surface area contributed by atoms with Gasteiger partial charge in [-0.15, -0.1) is 0 Å². The zero-order valence-electron chi connectivity index (χ0n) is 10.1. The summed E-state index contributed by atoms with van der Waals surface area (Å²) in [5.74, 6) is 1.00. The third kappa shape index (κ3) is 3.50. The van der Waals surface area contributed by atoms with Crippen LogP contribution in [0.5, 0.6) is 0 Å². The zero-order chi connectivity index (χ0) is 11.4. The SMILES string of the molecule is CC(C)C(=O)Cc1ccc(C(C)C)cc1. The van der Waals surface area contributed by atoms with Crippen molar-refractivity contribution in [1.82, 2.24) is 0 Å². The van der Waals surface area contributed by atoms with Crippen LogP contribution in [-0.4, -0.2) is 5.78 Å². The lowest BCUT2D eigenvalue weighted by Gasteiger charge is -2.07. The summed E-state index contributed by atoms with van der Waals surface area (Å²) in [6.45, 7) is 8.25. The van der Waals surface area contributed by atoms with Gasteiger partial charge in [-0.1, -0.05) is 52.0 Å². The maximum absolute atomic E-state index is 11.5. The van der Waals surface area contributed by atoms with E-state index in [9.17, 15) is 4.79 Å². The smallest absolute Gasteiger partial charge is 0.139 e. The zero-order valence-corrected chi connectivity index (χ0v) is 10.1. The Hall–Kier alpha value is -1.11. The summed E-state index contributed by atoms with van der Waals surface area (Å²) < 4.78 is 0. The fourth-order valence-corrected chi connectivity index (χ4v) is 1.43. The third-order valence-electron chi connectivity index (χ3n) is 2.67. The maximum atomic E-state index is 11.5. The van der Waals surface area contributed by atoms with E-state index < -0.39 is 0 Å². The summed E-state index contributed by atoms with van der Waals surface area (Å²) in [6.07, 6.45) is 0.566. The summed E-state index contributed by atoms with van der Waals surface area (Å²) in [6, 6.07) is 8.37. The van der Waals surface area contributed by atoms with Gasteiger partial charge in [-0.05, 0) is 17.0 Å². The van der Waals surface area contributed by atoms with Crippen LogP contribution in [0.25, 0.3) is 0 Å². The summed E-state index contributed by atoms with van der Waals surface area (Å²) in [5.41, 5.74) is 2.45. The van der Waals surface area contributed by atoms with Crippen molar-refractivity contribution in [2.45, 2.75) is 40.0 Å². The highest BCUT2D eigenvalue weighted by Gasteiger charge is 2.08. The molecule has 0 aliphatic rings. The van der Waals surface area contributed by atoms with Crippen molar-refractivity contribution < 1.29 is 4.79 Å². The Bertz CT molecular complexity index is 320. The Morgan fingerprint density at radius 3 is 2.00 bits per heavy atom. The van der Waals surface area contributed by atoms with E-state index in [1.54, 1.807) is 0 Å². The number of Topliss-reactive ketones (excluding diaryl/α,β-unsaturated/α-hetero) is 1. The van der Waals surface area contributed by atoms with E-state index in [4.69, 9.17) is 0 Å². The fourth-order valence-electron chi connectivity index (χ4n) is 1.43. The van der Waals surface area contributed by atoms with Gasteiger partial charge in [0.15, 0.2) is 0 Å². The molecule has 1 heteroatoms. The molecule has 0 bridgehead atoms. The van der Waals surface area contributed by atoms with E-state index in [0.717, 1.165) is 5.56 Å². The second kappa shape index (κ2) is 5.11. The Labute approximate surface area is 92.5 Å². The molecule has 0 aliphatic carbocycles. The molecule has 1 aromatic carbocycles. The molecule has 0 aliphatic heterocycles. The van der Waals surface area contributed by atoms with E-state index in [1.165, 1.54) is 5.56 Å². The molecule has 1 rings (SSSR count). The molecule has 1 aromatic rings. The van der Waals surface area contributed by atoms with E-state index >= 15 is 0 Å². The van der Waals surface area contributed by atoms with Gasteiger partial charge in [-0.2, -0.15) is 0 Å². The van der Waals surface area contributed by atoms with Crippen LogP contribution in [-0.2, 0) is 11.2 Å². The molecule has 0 heterocycles. The predicted molar refractivity (Wildman–Crippen MR) is 64.1 cm³/mol. The summed E-state index contributed by atoms with van der Waals surface area (Å²) >= 11 is 0. The van der Waals surface area contributed by atoms with Gasteiger partial charge in [0.2, 0.25) is 0 Å². The summed E-state index contributed by atoms with van der Waals surface area (Å²) in [7, 11) is 0. The van der Waals surface area contributed by atoms with Gasteiger partial charge in [0.25, 0.3) is 0 Å². The molecule has 0 radical (unpaired) electrons. The van der Waals surface area contributed by atoms with Crippen LogP contribution in [0.1, 0.15) is 44.7 Å². The van der Waals surface area contributed by atoms with Gasteiger partial charge in [-0.3, -0.25) is 4.79 Å². The summed E-state index contributed by atoms with van der Waals surface area (Å²) in [5, 5.41) is 0. The van der Waals surface area contributed by atoms with E-state index in [1.807, 2.05) is 13.8 Å². The highest BCUT2D eigenvalue weighted by molar-refractivity contribution is 5.82. The fraction of sp³-hybridized carbons (Fsp3) is 0.500. The van der Waals surface area contributed by atoms with Gasteiger partial charge < -0.3 is 0 Å². The Morgan fingerprint density at radius 2 is 1.60 bits per heavy atom. The lowest BCUT2D eigenvalue weighted by Crippen LogP contribution is -2.10. The van der Waals surface area contributed by atoms with Crippen molar-refractivity contribution >= 4 is 5.78 Å². The minimum Gasteiger partial charge on any atom is -0.299 e. The number of carbonyl (C=O) groups is 1. The largest absolute Gasteiger partial charge is 0.299 e. The van der Waals surface area contributed by atoms with Crippen molar-refractivity contribution in [3.8, 4) is 0 Å². The van der Waals surface area contributed by atoms with Crippen LogP contribution >= 0.6 is 0 Å². The minimum atomic E-state index is 0.134. The molecule has 0 amide bonds. The van der Waals surface area contributed by atoms with Gasteiger partial charge >= 0.3 is 0 Å². The van der Waals surface area contributed by atoms with Crippen LogP contribution in [0.2, 0.25) is 0 Å². The first kappa shape index (κ1) is 12.0. The summed E-state index contributed by atoms with van der Waals surface area (Å²) in [4.78, 5) is 11.5. The maximum Gasteiger partial charge on any atom is 0.139 e. The molecule has 0 aromatic heterocycles. The monoisotopic (exact) mass is 204 g/mol. The minimum absolute atomic E-state index is 0.134. The molecular formula is C14H20O. The first-order valence-corrected chi connectivity index (χ1v) is 5.62. The molecular weight excluding hydrogens is 184 g/mol. The van der Waals surface area contributed by atoms with Crippen LogP contribution in [0, 0.1) is 5.92 Å². The van der Waals surface area contributed by atoms with Gasteiger partial charge in [0, 0.05) is 12.3 Å². The number of hydrogen-bond donors (Lipinski definition) is 0.